The van der Waals surface area contributed by atoms with Gasteiger partial charge in [0.05, 0.1) is 11.1 Å². The molecule has 0 atom stereocenters. The Hall–Kier alpha value is -0.800. The molecule has 0 bridgehead atoms. The molecule has 1 N–H and O–H groups in total. The Morgan fingerprint density at radius 2 is 2.31 bits per heavy atom. The van der Waals surface area contributed by atoms with Crippen molar-refractivity contribution in [3.8, 4) is 6.07 Å². The molecule has 0 saturated heterocycles. The topological polar surface area (TPSA) is 52.9 Å². The minimum atomic E-state index is -0.156. The average Bonchev–Trinajstić information content (AvgIpc) is 2.28. The van der Waals surface area contributed by atoms with Gasteiger partial charge in [0.2, 0.25) is 0 Å². The maximum Gasteiger partial charge on any atom is 0.251 e. The number of hydrogen-bond donors (Lipinski definition) is 1. The summed E-state index contributed by atoms with van der Waals surface area (Å²) in [4.78, 5) is 11.6. The summed E-state index contributed by atoms with van der Waals surface area (Å²) in [6, 6.07) is 7.19. The Labute approximate surface area is 113 Å². The Morgan fingerprint density at radius 3 is 2.94 bits per heavy atom. The van der Waals surface area contributed by atoms with Gasteiger partial charge in [-0.25, -0.2) is 0 Å². The molecule has 1 rings (SSSR count). The number of amides is 1. The van der Waals surface area contributed by atoms with Crippen LogP contribution in [0.4, 0.5) is 0 Å². The molecule has 3 nitrogen and oxygen atoms in total. The fourth-order valence-electron chi connectivity index (χ4n) is 1.11. The normalized spacial score (nSPS) is 9.56. The van der Waals surface area contributed by atoms with E-state index in [0.29, 0.717) is 30.0 Å². The van der Waals surface area contributed by atoms with Crippen LogP contribution < -0.4 is 5.32 Å². The lowest BCUT2D eigenvalue weighted by atomic mass is 10.2. The highest BCUT2D eigenvalue weighted by molar-refractivity contribution is 14.1. The van der Waals surface area contributed by atoms with Crippen LogP contribution in [-0.2, 0) is 0 Å². The van der Waals surface area contributed by atoms with Gasteiger partial charge in [-0.2, -0.15) is 5.26 Å². The van der Waals surface area contributed by atoms with E-state index in [-0.39, 0.29) is 5.91 Å². The summed E-state index contributed by atoms with van der Waals surface area (Å²) in [5.74, 6) is -0.156. The minimum absolute atomic E-state index is 0.156. The van der Waals surface area contributed by atoms with Crippen molar-refractivity contribution in [3.63, 3.8) is 0 Å². The van der Waals surface area contributed by atoms with Gasteiger partial charge in [-0.15, -0.1) is 0 Å². The second-order valence-corrected chi connectivity index (χ2v) is 4.72. The molecule has 0 aliphatic heterocycles. The first-order valence-corrected chi connectivity index (χ1v) is 6.21. The van der Waals surface area contributed by atoms with Crippen LogP contribution in [0.15, 0.2) is 18.2 Å². The zero-order valence-corrected chi connectivity index (χ0v) is 11.4. The van der Waals surface area contributed by atoms with Crippen molar-refractivity contribution in [3.05, 3.63) is 32.4 Å². The molecule has 0 heterocycles. The molecule has 0 radical (unpaired) electrons. The van der Waals surface area contributed by atoms with Gasteiger partial charge in [-0.1, -0.05) is 11.6 Å². The van der Waals surface area contributed by atoms with Gasteiger partial charge in [0.1, 0.15) is 0 Å². The summed E-state index contributed by atoms with van der Waals surface area (Å²) in [5, 5.41) is 11.6. The minimum Gasteiger partial charge on any atom is -0.352 e. The standard InChI is InChI=1S/C11H10ClIN2O/c12-9-7-8(3-4-10(9)13)11(16)15-6-2-1-5-14/h3-4,7H,1-2,6H2,(H,15,16). The molecule has 0 unspecified atom stereocenters. The molecule has 0 aliphatic rings. The summed E-state index contributed by atoms with van der Waals surface area (Å²) in [5.41, 5.74) is 0.544. The van der Waals surface area contributed by atoms with Gasteiger partial charge in [0, 0.05) is 22.1 Å². The maximum absolute atomic E-state index is 11.6. The third-order valence-electron chi connectivity index (χ3n) is 1.93. The molecule has 1 amide bonds. The number of carbonyl (C=O) groups is 1. The number of nitrogens with one attached hydrogen (secondary N) is 1. The quantitative estimate of drug-likeness (QED) is 0.672. The number of nitriles is 1. The van der Waals surface area contributed by atoms with Crippen molar-refractivity contribution in [1.82, 2.24) is 5.32 Å². The van der Waals surface area contributed by atoms with E-state index in [9.17, 15) is 4.79 Å². The molecule has 84 valence electrons. The highest BCUT2D eigenvalue weighted by Gasteiger charge is 2.06. The van der Waals surface area contributed by atoms with E-state index in [1.54, 1.807) is 18.2 Å². The first-order valence-electron chi connectivity index (χ1n) is 4.75. The van der Waals surface area contributed by atoms with Crippen molar-refractivity contribution in [2.75, 3.05) is 6.54 Å². The third kappa shape index (κ3) is 3.99. The van der Waals surface area contributed by atoms with E-state index in [2.05, 4.69) is 27.9 Å². The molecular weight excluding hydrogens is 338 g/mol. The van der Waals surface area contributed by atoms with Gasteiger partial charge in [-0.05, 0) is 47.2 Å². The van der Waals surface area contributed by atoms with Gasteiger partial charge >= 0.3 is 0 Å². The van der Waals surface area contributed by atoms with Crippen molar-refractivity contribution in [2.45, 2.75) is 12.8 Å². The number of nitrogens with zero attached hydrogens (tertiary/aromatic N) is 1. The largest absolute Gasteiger partial charge is 0.352 e. The van der Waals surface area contributed by atoms with E-state index in [1.165, 1.54) is 0 Å². The van der Waals surface area contributed by atoms with Crippen LogP contribution in [0.5, 0.6) is 0 Å². The Kier molecular flexibility index (Phi) is 5.56. The zero-order chi connectivity index (χ0) is 12.0. The maximum atomic E-state index is 11.6. The number of hydrogen-bond acceptors (Lipinski definition) is 2. The SMILES string of the molecule is N#CCCCNC(=O)c1ccc(I)c(Cl)c1. The van der Waals surface area contributed by atoms with Crippen LogP contribution in [-0.4, -0.2) is 12.5 Å². The van der Waals surface area contributed by atoms with E-state index < -0.39 is 0 Å². The summed E-state index contributed by atoms with van der Waals surface area (Å²) in [6.45, 7) is 0.510. The molecule has 0 saturated carbocycles. The van der Waals surface area contributed by atoms with Crippen molar-refractivity contribution < 1.29 is 4.79 Å². The van der Waals surface area contributed by atoms with Crippen LogP contribution >= 0.6 is 34.2 Å². The fourth-order valence-corrected chi connectivity index (χ4v) is 1.62. The highest BCUT2D eigenvalue weighted by Crippen LogP contribution is 2.19. The third-order valence-corrected chi connectivity index (χ3v) is 3.50. The lowest BCUT2D eigenvalue weighted by molar-refractivity contribution is 0.0953. The average molecular weight is 349 g/mol. The van der Waals surface area contributed by atoms with Crippen molar-refractivity contribution in [1.29, 1.82) is 5.26 Å². The monoisotopic (exact) mass is 348 g/mol. The zero-order valence-electron chi connectivity index (χ0n) is 8.46. The van der Waals surface area contributed by atoms with Crippen LogP contribution in [0.2, 0.25) is 5.02 Å². The van der Waals surface area contributed by atoms with E-state index in [4.69, 9.17) is 16.9 Å². The number of unbranched alkanes of at least 4 members (excludes halogenated alkanes) is 1. The summed E-state index contributed by atoms with van der Waals surface area (Å²) in [7, 11) is 0. The van der Waals surface area contributed by atoms with Crippen LogP contribution in [0.25, 0.3) is 0 Å². The Morgan fingerprint density at radius 1 is 1.56 bits per heavy atom. The molecule has 0 fully saturated rings. The summed E-state index contributed by atoms with van der Waals surface area (Å²) >= 11 is 8.02. The van der Waals surface area contributed by atoms with Gasteiger partial charge in [-0.3, -0.25) is 4.79 Å². The van der Waals surface area contributed by atoms with Gasteiger partial charge in [0.15, 0.2) is 0 Å². The second kappa shape index (κ2) is 6.71. The van der Waals surface area contributed by atoms with Crippen LogP contribution in [0.3, 0.4) is 0 Å². The van der Waals surface area contributed by atoms with Crippen molar-refractivity contribution in [2.24, 2.45) is 0 Å². The predicted octanol–water partition coefficient (Wildman–Crippen LogP) is 2.98. The summed E-state index contributed by atoms with van der Waals surface area (Å²) < 4.78 is 0.917. The fraction of sp³-hybridized carbons (Fsp3) is 0.273. The number of carbonyl (C=O) groups excluding carboxylic acids is 1. The highest BCUT2D eigenvalue weighted by atomic mass is 127. The van der Waals surface area contributed by atoms with E-state index in [0.717, 1.165) is 3.57 Å². The molecule has 1 aromatic rings. The summed E-state index contributed by atoms with van der Waals surface area (Å²) in [6.07, 6.45) is 1.12. The van der Waals surface area contributed by atoms with Crippen LogP contribution in [0.1, 0.15) is 23.2 Å². The number of rotatable bonds is 4. The smallest absolute Gasteiger partial charge is 0.251 e. The van der Waals surface area contributed by atoms with E-state index >= 15 is 0 Å². The lowest BCUT2D eigenvalue weighted by Gasteiger charge is -2.04. The van der Waals surface area contributed by atoms with Crippen molar-refractivity contribution >= 4 is 40.1 Å². The molecule has 1 aromatic carbocycles. The second-order valence-electron chi connectivity index (χ2n) is 3.15. The molecule has 0 aliphatic carbocycles. The first kappa shape index (κ1) is 13.3. The Bertz CT molecular complexity index is 428. The molecule has 16 heavy (non-hydrogen) atoms. The number of benzene rings is 1. The van der Waals surface area contributed by atoms with E-state index in [1.807, 2.05) is 6.07 Å². The van der Waals surface area contributed by atoms with Gasteiger partial charge < -0.3 is 5.32 Å². The molecule has 0 aromatic heterocycles. The molecule has 0 spiro atoms. The predicted molar refractivity (Wildman–Crippen MR) is 71.3 cm³/mol. The number of halogens is 2. The molecular formula is C11H10ClIN2O. The first-order chi connectivity index (χ1) is 7.65. The van der Waals surface area contributed by atoms with Gasteiger partial charge in [0.25, 0.3) is 5.91 Å². The van der Waals surface area contributed by atoms with Crippen LogP contribution in [0, 0.1) is 14.9 Å². The lowest BCUT2D eigenvalue weighted by Crippen LogP contribution is -2.24. The Balaban J connectivity index is 2.53. The molecule has 5 heteroatoms.